The van der Waals surface area contributed by atoms with Crippen LogP contribution in [0.3, 0.4) is 0 Å². The molecule has 25 heavy (non-hydrogen) atoms. The molecule has 4 aliphatic rings. The Morgan fingerprint density at radius 1 is 1.20 bits per heavy atom. The number of carbonyl (C=O) groups excluding carboxylic acids is 1. The number of esters is 1. The van der Waals surface area contributed by atoms with Crippen LogP contribution in [0.25, 0.3) is 0 Å². The van der Waals surface area contributed by atoms with E-state index in [0.29, 0.717) is 16.7 Å². The van der Waals surface area contributed by atoms with Crippen LogP contribution in [0.5, 0.6) is 0 Å². The van der Waals surface area contributed by atoms with E-state index in [1.54, 1.807) is 18.1 Å². The predicted molar refractivity (Wildman–Crippen MR) is 101 cm³/mol. The second-order valence-electron chi connectivity index (χ2n) is 9.54. The van der Waals surface area contributed by atoms with Gasteiger partial charge in [-0.25, -0.2) is 0 Å². The summed E-state index contributed by atoms with van der Waals surface area (Å²) in [5, 5.41) is 0. The molecular formula is C23H34O2. The molecule has 0 aromatic carbocycles. The van der Waals surface area contributed by atoms with E-state index in [-0.39, 0.29) is 12.1 Å². The molecule has 0 bridgehead atoms. The largest absolute Gasteiger partial charge is 0.463 e. The molecule has 0 saturated heterocycles. The van der Waals surface area contributed by atoms with Crippen molar-refractivity contribution in [3.8, 4) is 0 Å². The van der Waals surface area contributed by atoms with Gasteiger partial charge in [-0.2, -0.15) is 0 Å². The molecule has 4 aliphatic carbocycles. The summed E-state index contributed by atoms with van der Waals surface area (Å²) in [6.45, 7) is 8.83. The third kappa shape index (κ3) is 2.54. The van der Waals surface area contributed by atoms with Gasteiger partial charge in [-0.15, -0.1) is 0 Å². The number of hydrogen-bond acceptors (Lipinski definition) is 2. The Bertz CT molecular complexity index is 630. The Morgan fingerprint density at radius 2 is 2.00 bits per heavy atom. The van der Waals surface area contributed by atoms with Gasteiger partial charge in [-0.3, -0.25) is 4.79 Å². The monoisotopic (exact) mass is 342 g/mol. The van der Waals surface area contributed by atoms with Crippen molar-refractivity contribution >= 4 is 5.97 Å². The lowest BCUT2D eigenvalue weighted by atomic mass is 9.49. The van der Waals surface area contributed by atoms with Crippen molar-refractivity contribution in [2.75, 3.05) is 0 Å². The van der Waals surface area contributed by atoms with Crippen molar-refractivity contribution in [3.63, 3.8) is 0 Å². The summed E-state index contributed by atoms with van der Waals surface area (Å²) in [4.78, 5) is 11.4. The molecule has 3 saturated carbocycles. The smallest absolute Gasteiger partial charge is 0.302 e. The molecule has 4 rings (SSSR count). The van der Waals surface area contributed by atoms with Crippen LogP contribution in [-0.4, -0.2) is 12.1 Å². The summed E-state index contributed by atoms with van der Waals surface area (Å²) in [6.07, 6.45) is 15.1. The average molecular weight is 343 g/mol. The third-order valence-corrected chi connectivity index (χ3v) is 8.51. The maximum Gasteiger partial charge on any atom is 0.302 e. The molecule has 6 atom stereocenters. The molecule has 0 aromatic rings. The maximum absolute atomic E-state index is 11.4. The Balaban J connectivity index is 1.60. The van der Waals surface area contributed by atoms with Crippen molar-refractivity contribution in [1.82, 2.24) is 0 Å². The summed E-state index contributed by atoms with van der Waals surface area (Å²) in [5.41, 5.74) is 4.25. The van der Waals surface area contributed by atoms with Crippen LogP contribution in [0.1, 0.15) is 79.1 Å². The molecule has 0 radical (unpaired) electrons. The normalized spacial score (nSPS) is 47.5. The van der Waals surface area contributed by atoms with Crippen LogP contribution < -0.4 is 0 Å². The molecule has 2 heteroatoms. The first-order chi connectivity index (χ1) is 11.9. The predicted octanol–water partition coefficient (Wildman–Crippen LogP) is 5.83. The molecular weight excluding hydrogens is 308 g/mol. The Labute approximate surface area is 153 Å². The van der Waals surface area contributed by atoms with Gasteiger partial charge in [-0.05, 0) is 86.9 Å². The fraction of sp³-hybridized carbons (Fsp3) is 0.783. The topological polar surface area (TPSA) is 26.3 Å². The van der Waals surface area contributed by atoms with Crippen molar-refractivity contribution < 1.29 is 9.53 Å². The first-order valence-corrected chi connectivity index (χ1v) is 10.4. The summed E-state index contributed by atoms with van der Waals surface area (Å²) in [5.74, 6) is 2.23. The van der Waals surface area contributed by atoms with Gasteiger partial charge in [-0.1, -0.05) is 37.1 Å². The minimum absolute atomic E-state index is 0.111. The Kier molecular flexibility index (Phi) is 4.16. The van der Waals surface area contributed by atoms with Crippen LogP contribution in [0.2, 0.25) is 0 Å². The molecule has 4 unspecified atom stereocenters. The standard InChI is InChI=1S/C23H34O2/c1-5-16-7-9-20-19-8-6-17-14-18(25-15(2)24)10-12-23(17,4)21(19)11-13-22(16,20)3/h5,11,17-20H,6-10,12-14H2,1-4H3/t17?,18?,19?,20?,22-,23+/m1/s1. The Morgan fingerprint density at radius 3 is 2.72 bits per heavy atom. The van der Waals surface area contributed by atoms with Crippen LogP contribution in [0.4, 0.5) is 0 Å². The number of rotatable bonds is 1. The molecule has 0 aliphatic heterocycles. The second-order valence-corrected chi connectivity index (χ2v) is 9.54. The highest BCUT2D eigenvalue weighted by Crippen LogP contribution is 2.65. The molecule has 0 spiro atoms. The zero-order valence-corrected chi connectivity index (χ0v) is 16.4. The number of allylic oxidation sites excluding steroid dienone is 4. The van der Waals surface area contributed by atoms with E-state index in [0.717, 1.165) is 24.7 Å². The highest BCUT2D eigenvalue weighted by molar-refractivity contribution is 5.66. The quantitative estimate of drug-likeness (QED) is 0.443. The second kappa shape index (κ2) is 5.99. The van der Waals surface area contributed by atoms with E-state index in [9.17, 15) is 4.79 Å². The Hall–Kier alpha value is -1.05. The van der Waals surface area contributed by atoms with E-state index in [2.05, 4.69) is 32.9 Å². The number of fused-ring (bicyclic) bond motifs is 5. The maximum atomic E-state index is 11.4. The van der Waals surface area contributed by atoms with E-state index < -0.39 is 0 Å². The fourth-order valence-corrected chi connectivity index (χ4v) is 7.16. The van der Waals surface area contributed by atoms with Gasteiger partial charge in [0.15, 0.2) is 0 Å². The number of ether oxygens (including phenoxy) is 1. The van der Waals surface area contributed by atoms with Gasteiger partial charge in [0.05, 0.1) is 0 Å². The number of carbonyl (C=O) groups is 1. The molecule has 0 aromatic heterocycles. The van der Waals surface area contributed by atoms with E-state index in [1.165, 1.54) is 38.5 Å². The van der Waals surface area contributed by atoms with E-state index in [1.807, 2.05) is 0 Å². The van der Waals surface area contributed by atoms with Gasteiger partial charge < -0.3 is 4.74 Å². The van der Waals surface area contributed by atoms with Crippen molar-refractivity contribution in [3.05, 3.63) is 23.3 Å². The van der Waals surface area contributed by atoms with Gasteiger partial charge in [0.25, 0.3) is 0 Å². The van der Waals surface area contributed by atoms with E-state index in [4.69, 9.17) is 4.74 Å². The van der Waals surface area contributed by atoms with Gasteiger partial charge in [0.2, 0.25) is 0 Å². The van der Waals surface area contributed by atoms with Crippen molar-refractivity contribution in [2.45, 2.75) is 85.2 Å². The SMILES string of the molecule is CC=C1CCC2C3CCC4CC(OC(C)=O)CC[C@]4(C)C3=CC[C@]12C. The molecule has 0 amide bonds. The van der Waals surface area contributed by atoms with Crippen LogP contribution in [0, 0.1) is 28.6 Å². The van der Waals surface area contributed by atoms with Crippen LogP contribution >= 0.6 is 0 Å². The summed E-state index contributed by atoms with van der Waals surface area (Å²) in [7, 11) is 0. The van der Waals surface area contributed by atoms with Crippen molar-refractivity contribution in [2.24, 2.45) is 28.6 Å². The lowest BCUT2D eigenvalue weighted by Gasteiger charge is -2.56. The lowest BCUT2D eigenvalue weighted by molar-refractivity contribution is -0.151. The summed E-state index contributed by atoms with van der Waals surface area (Å²) >= 11 is 0. The molecule has 0 heterocycles. The van der Waals surface area contributed by atoms with E-state index >= 15 is 0 Å². The fourth-order valence-electron chi connectivity index (χ4n) is 7.16. The summed E-state index contributed by atoms with van der Waals surface area (Å²) in [6, 6.07) is 0. The van der Waals surface area contributed by atoms with Gasteiger partial charge in [0.1, 0.15) is 6.10 Å². The van der Waals surface area contributed by atoms with Crippen LogP contribution in [0.15, 0.2) is 23.3 Å². The molecule has 3 fully saturated rings. The zero-order chi connectivity index (χ0) is 17.8. The average Bonchev–Trinajstić information content (AvgIpc) is 2.91. The molecule has 138 valence electrons. The highest BCUT2D eigenvalue weighted by atomic mass is 16.5. The first-order valence-electron chi connectivity index (χ1n) is 10.4. The molecule has 2 nitrogen and oxygen atoms in total. The zero-order valence-electron chi connectivity index (χ0n) is 16.4. The van der Waals surface area contributed by atoms with Gasteiger partial charge in [0, 0.05) is 6.92 Å². The van der Waals surface area contributed by atoms with Crippen LogP contribution in [-0.2, 0) is 9.53 Å². The minimum Gasteiger partial charge on any atom is -0.463 e. The highest BCUT2D eigenvalue weighted by Gasteiger charge is 2.55. The van der Waals surface area contributed by atoms with Crippen molar-refractivity contribution in [1.29, 1.82) is 0 Å². The minimum atomic E-state index is -0.111. The summed E-state index contributed by atoms with van der Waals surface area (Å²) < 4.78 is 5.57. The van der Waals surface area contributed by atoms with Gasteiger partial charge >= 0.3 is 5.97 Å². The first kappa shape index (κ1) is 17.4. The molecule has 0 N–H and O–H groups in total. The number of hydrogen-bond donors (Lipinski definition) is 0. The lowest BCUT2D eigenvalue weighted by Crippen LogP contribution is -2.48. The third-order valence-electron chi connectivity index (χ3n) is 8.51.